The monoisotopic (exact) mass is 500 g/mol. The van der Waals surface area contributed by atoms with Crippen LogP contribution in [0.5, 0.6) is 0 Å². The normalized spacial score (nSPS) is 49.7. The van der Waals surface area contributed by atoms with Crippen LogP contribution >= 0.6 is 0 Å². The Morgan fingerprint density at radius 1 is 0.886 bits per heavy atom. The first-order chi connectivity index (χ1) is 16.7. The van der Waals surface area contributed by atoms with E-state index in [4.69, 9.17) is 0 Å². The molecule has 7 unspecified atom stereocenters. The summed E-state index contributed by atoms with van der Waals surface area (Å²) in [6.45, 7) is 14.8. The lowest BCUT2D eigenvalue weighted by Gasteiger charge is -2.68. The molecule has 0 radical (unpaired) electrons. The lowest BCUT2D eigenvalue weighted by atomic mass is 9.37. The zero-order valence-corrected chi connectivity index (χ0v) is 23.9. The molecule has 4 saturated carbocycles. The summed E-state index contributed by atoms with van der Waals surface area (Å²) in [7, 11) is -0.565. The Bertz CT molecular complexity index is 860. The SMILES string of the molecule is CC1(C)C=CCC2(C)C1CCC1(C)C3CCC4(NCCN5CCS(=O)CC5)CCC[C@@H]4C3CCC12. The van der Waals surface area contributed by atoms with Crippen LogP contribution in [0.2, 0.25) is 0 Å². The van der Waals surface area contributed by atoms with Crippen molar-refractivity contribution in [3.63, 3.8) is 0 Å². The largest absolute Gasteiger partial charge is 0.310 e. The number of nitrogens with zero attached hydrogens (tertiary/aromatic N) is 1. The molecule has 35 heavy (non-hydrogen) atoms. The molecule has 5 aliphatic carbocycles. The fourth-order valence-corrected chi connectivity index (χ4v) is 12.6. The van der Waals surface area contributed by atoms with Crippen LogP contribution in [-0.2, 0) is 10.8 Å². The number of rotatable bonds is 4. The second-order valence-electron chi connectivity index (χ2n) is 14.7. The fraction of sp³-hybridized carbons (Fsp3) is 0.935. The second kappa shape index (κ2) is 8.94. The van der Waals surface area contributed by atoms with Crippen molar-refractivity contribution in [1.29, 1.82) is 0 Å². The number of nitrogens with one attached hydrogen (secondary N) is 1. The quantitative estimate of drug-likeness (QED) is 0.479. The lowest BCUT2D eigenvalue weighted by molar-refractivity contribution is -0.174. The van der Waals surface area contributed by atoms with Gasteiger partial charge in [-0.25, -0.2) is 0 Å². The maximum absolute atomic E-state index is 11.7. The van der Waals surface area contributed by atoms with E-state index < -0.39 is 10.8 Å². The highest BCUT2D eigenvalue weighted by molar-refractivity contribution is 7.85. The summed E-state index contributed by atoms with van der Waals surface area (Å²) in [6.07, 6.45) is 19.5. The van der Waals surface area contributed by atoms with Crippen LogP contribution in [0.25, 0.3) is 0 Å². The molecule has 0 aromatic rings. The van der Waals surface area contributed by atoms with E-state index in [1.807, 2.05) is 0 Å². The fourth-order valence-electron chi connectivity index (χ4n) is 11.5. The molecule has 4 heteroatoms. The van der Waals surface area contributed by atoms with Gasteiger partial charge in [0.15, 0.2) is 0 Å². The van der Waals surface area contributed by atoms with E-state index in [9.17, 15) is 4.21 Å². The van der Waals surface area contributed by atoms with E-state index in [2.05, 4.69) is 50.1 Å². The van der Waals surface area contributed by atoms with Gasteiger partial charge in [0.05, 0.1) is 0 Å². The lowest BCUT2D eigenvalue weighted by Crippen LogP contribution is -2.63. The summed E-state index contributed by atoms with van der Waals surface area (Å²) in [5.41, 5.74) is 1.83. The molecule has 3 nitrogen and oxygen atoms in total. The third-order valence-corrected chi connectivity index (χ3v) is 14.2. The Morgan fingerprint density at radius 3 is 2.49 bits per heavy atom. The van der Waals surface area contributed by atoms with E-state index in [0.717, 1.165) is 67.3 Å². The summed E-state index contributed by atoms with van der Waals surface area (Å²) >= 11 is 0. The molecule has 8 atom stereocenters. The summed E-state index contributed by atoms with van der Waals surface area (Å²) < 4.78 is 11.7. The van der Waals surface area contributed by atoms with E-state index in [-0.39, 0.29) is 0 Å². The zero-order valence-electron chi connectivity index (χ0n) is 23.1. The molecule has 1 saturated heterocycles. The number of fused-ring (bicyclic) bond motifs is 7. The Kier molecular flexibility index (Phi) is 6.41. The smallest absolute Gasteiger partial charge is 0.0363 e. The first-order valence-electron chi connectivity index (χ1n) is 15.2. The topological polar surface area (TPSA) is 32.3 Å². The summed E-state index contributed by atoms with van der Waals surface area (Å²) in [5, 5.41) is 4.21. The molecule has 0 spiro atoms. The van der Waals surface area contributed by atoms with Crippen molar-refractivity contribution in [3.8, 4) is 0 Å². The predicted octanol–water partition coefficient (Wildman–Crippen LogP) is 6.02. The molecule has 6 aliphatic rings. The Morgan fingerprint density at radius 2 is 1.69 bits per heavy atom. The van der Waals surface area contributed by atoms with Crippen molar-refractivity contribution in [1.82, 2.24) is 10.2 Å². The molecule has 1 N–H and O–H groups in total. The van der Waals surface area contributed by atoms with Gasteiger partial charge in [-0.1, -0.05) is 46.3 Å². The van der Waals surface area contributed by atoms with Crippen LogP contribution in [0.4, 0.5) is 0 Å². The van der Waals surface area contributed by atoms with Gasteiger partial charge in [-0.05, 0) is 104 Å². The number of hydrogen-bond acceptors (Lipinski definition) is 3. The number of hydrogen-bond donors (Lipinski definition) is 1. The van der Waals surface area contributed by atoms with Crippen LogP contribution < -0.4 is 5.32 Å². The van der Waals surface area contributed by atoms with Gasteiger partial charge < -0.3 is 10.2 Å². The van der Waals surface area contributed by atoms with E-state index in [1.165, 1.54) is 64.2 Å². The van der Waals surface area contributed by atoms with Crippen LogP contribution in [0.3, 0.4) is 0 Å². The van der Waals surface area contributed by atoms with Gasteiger partial charge in [-0.15, -0.1) is 0 Å². The predicted molar refractivity (Wildman–Crippen MR) is 148 cm³/mol. The summed E-state index contributed by atoms with van der Waals surface area (Å²) in [4.78, 5) is 2.55. The molecule has 198 valence electrons. The second-order valence-corrected chi connectivity index (χ2v) is 16.4. The molecule has 0 bridgehead atoms. The third-order valence-electron chi connectivity index (χ3n) is 13.0. The first-order valence-corrected chi connectivity index (χ1v) is 16.7. The van der Waals surface area contributed by atoms with Crippen molar-refractivity contribution in [2.75, 3.05) is 37.7 Å². The third kappa shape index (κ3) is 3.97. The molecule has 5 fully saturated rings. The van der Waals surface area contributed by atoms with Gasteiger partial charge in [0, 0.05) is 54.0 Å². The van der Waals surface area contributed by atoms with Crippen LogP contribution in [0.1, 0.15) is 91.9 Å². The highest BCUT2D eigenvalue weighted by atomic mass is 32.2. The molecule has 1 heterocycles. The van der Waals surface area contributed by atoms with Crippen LogP contribution in [-0.4, -0.2) is 52.3 Å². The van der Waals surface area contributed by atoms with Gasteiger partial charge in [0.2, 0.25) is 0 Å². The molecule has 0 amide bonds. The van der Waals surface area contributed by atoms with Crippen molar-refractivity contribution in [2.24, 2.45) is 45.8 Å². The maximum Gasteiger partial charge on any atom is 0.0363 e. The average Bonchev–Trinajstić information content (AvgIpc) is 3.24. The Labute approximate surface area is 218 Å². The highest BCUT2D eigenvalue weighted by Gasteiger charge is 2.64. The van der Waals surface area contributed by atoms with E-state index in [1.54, 1.807) is 0 Å². The van der Waals surface area contributed by atoms with Crippen molar-refractivity contribution < 1.29 is 4.21 Å². The molecule has 0 aromatic carbocycles. The summed E-state index contributed by atoms with van der Waals surface area (Å²) in [6, 6.07) is 0. The molecular formula is C31H52N2OS. The molecule has 0 aromatic heterocycles. The first kappa shape index (κ1) is 25.1. The molecular weight excluding hydrogens is 448 g/mol. The van der Waals surface area contributed by atoms with Crippen molar-refractivity contribution in [2.45, 2.75) is 97.4 Å². The van der Waals surface area contributed by atoms with Crippen molar-refractivity contribution in [3.05, 3.63) is 12.2 Å². The zero-order chi connectivity index (χ0) is 24.5. The molecule has 6 rings (SSSR count). The van der Waals surface area contributed by atoms with E-state index >= 15 is 0 Å². The van der Waals surface area contributed by atoms with Gasteiger partial charge in [0.25, 0.3) is 0 Å². The van der Waals surface area contributed by atoms with E-state index in [0.29, 0.717) is 21.8 Å². The number of allylic oxidation sites excluding steroid dienone is 2. The summed E-state index contributed by atoms with van der Waals surface area (Å²) in [5.74, 6) is 6.32. The minimum Gasteiger partial charge on any atom is -0.310 e. The minimum atomic E-state index is -0.565. The van der Waals surface area contributed by atoms with Gasteiger partial charge >= 0.3 is 0 Å². The van der Waals surface area contributed by atoms with Gasteiger partial charge in [-0.2, -0.15) is 0 Å². The minimum absolute atomic E-state index is 0.367. The van der Waals surface area contributed by atoms with Crippen LogP contribution in [0.15, 0.2) is 12.2 Å². The average molecular weight is 501 g/mol. The Hall–Kier alpha value is -0.190. The Balaban J connectivity index is 1.17. The van der Waals surface area contributed by atoms with Gasteiger partial charge in [0.1, 0.15) is 0 Å². The van der Waals surface area contributed by atoms with Gasteiger partial charge in [-0.3, -0.25) is 4.21 Å². The van der Waals surface area contributed by atoms with Crippen molar-refractivity contribution >= 4 is 10.8 Å². The maximum atomic E-state index is 11.7. The standard InChI is InChI=1S/C31H52N2OS/c1-28(2)12-6-13-30(4)26(28)11-15-29(3)24-10-16-31(32-17-18-33-19-21-35(34)22-20-33)14-5-7-25(31)23(24)8-9-27(29)30/h6,12,23-27,32H,5,7-11,13-22H2,1-4H3/t23?,24?,25-,26?,27?,29?,30?,31?/m1/s1. The van der Waals surface area contributed by atoms with Crippen LogP contribution in [0, 0.1) is 45.8 Å². The highest BCUT2D eigenvalue weighted by Crippen LogP contribution is 2.71. The molecule has 1 aliphatic heterocycles.